The number of benzene rings is 2. The first-order valence-corrected chi connectivity index (χ1v) is 8.98. The van der Waals surface area contributed by atoms with Crippen LogP contribution < -0.4 is 0 Å². The number of hydrogen-bond acceptors (Lipinski definition) is 5. The average molecular weight is 369 g/mol. The third kappa shape index (κ3) is 4.72. The van der Waals surface area contributed by atoms with Crippen molar-refractivity contribution < 1.29 is 24.5 Å². The molecule has 1 aliphatic heterocycles. The Morgan fingerprint density at radius 1 is 1.07 bits per heavy atom. The van der Waals surface area contributed by atoms with Crippen LogP contribution >= 0.6 is 0 Å². The summed E-state index contributed by atoms with van der Waals surface area (Å²) in [5.74, 6) is -0.357. The van der Waals surface area contributed by atoms with Gasteiger partial charge in [-0.25, -0.2) is 4.79 Å². The van der Waals surface area contributed by atoms with Crippen LogP contribution in [0, 0.1) is 0 Å². The highest BCUT2D eigenvalue weighted by Gasteiger charge is 2.33. The number of likely N-dealkylation sites (tertiary alicyclic amines) is 1. The molecule has 1 aliphatic rings. The molecule has 1 fully saturated rings. The zero-order valence-electron chi connectivity index (χ0n) is 15.0. The number of aliphatic hydroxyl groups excluding tert-OH is 2. The summed E-state index contributed by atoms with van der Waals surface area (Å²) in [7, 11) is 0. The first kappa shape index (κ1) is 19.1. The van der Waals surface area contributed by atoms with E-state index in [9.17, 15) is 14.7 Å². The van der Waals surface area contributed by atoms with Crippen molar-refractivity contribution in [3.05, 3.63) is 71.3 Å². The van der Waals surface area contributed by atoms with Gasteiger partial charge in [0.15, 0.2) is 5.78 Å². The Bertz CT molecular complexity index is 775. The van der Waals surface area contributed by atoms with Gasteiger partial charge in [-0.1, -0.05) is 54.6 Å². The van der Waals surface area contributed by atoms with Gasteiger partial charge in [-0.15, -0.1) is 0 Å². The molecule has 2 aromatic rings. The van der Waals surface area contributed by atoms with E-state index in [-0.39, 0.29) is 18.4 Å². The molecule has 0 aromatic heterocycles. The highest BCUT2D eigenvalue weighted by Crippen LogP contribution is 2.32. The summed E-state index contributed by atoms with van der Waals surface area (Å²) in [5, 5.41) is 19.0. The van der Waals surface area contributed by atoms with Gasteiger partial charge in [0.05, 0.1) is 12.1 Å². The lowest BCUT2D eigenvalue weighted by atomic mass is 9.93. The Morgan fingerprint density at radius 3 is 2.44 bits per heavy atom. The molecule has 1 saturated heterocycles. The van der Waals surface area contributed by atoms with Gasteiger partial charge >= 0.3 is 6.09 Å². The molecule has 1 heterocycles. The van der Waals surface area contributed by atoms with Crippen molar-refractivity contribution in [2.45, 2.75) is 31.6 Å². The summed E-state index contributed by atoms with van der Waals surface area (Å²) in [6.07, 6.45) is -0.00986. The van der Waals surface area contributed by atoms with Gasteiger partial charge < -0.3 is 19.8 Å². The Balaban J connectivity index is 1.72. The fourth-order valence-corrected chi connectivity index (χ4v) is 3.27. The minimum Gasteiger partial charge on any atom is -0.445 e. The SMILES string of the molecule is O=C(CO)c1ccc(C2C[C@@H](O)CCN2C(=O)OCc2ccccc2)cc1. The largest absolute Gasteiger partial charge is 0.445 e. The van der Waals surface area contributed by atoms with Crippen molar-refractivity contribution >= 4 is 11.9 Å². The number of carbonyl (C=O) groups excluding carboxylic acids is 2. The van der Waals surface area contributed by atoms with E-state index < -0.39 is 18.8 Å². The molecule has 27 heavy (non-hydrogen) atoms. The van der Waals surface area contributed by atoms with Crippen molar-refractivity contribution in [2.75, 3.05) is 13.2 Å². The van der Waals surface area contributed by atoms with Crippen molar-refractivity contribution in [1.82, 2.24) is 4.90 Å². The Morgan fingerprint density at radius 2 is 1.78 bits per heavy atom. The van der Waals surface area contributed by atoms with Crippen LogP contribution in [0.3, 0.4) is 0 Å². The first-order chi connectivity index (χ1) is 13.1. The van der Waals surface area contributed by atoms with Crippen molar-refractivity contribution in [3.8, 4) is 0 Å². The molecule has 1 amide bonds. The fraction of sp³-hybridized carbons (Fsp3) is 0.333. The summed E-state index contributed by atoms with van der Waals surface area (Å²) in [6.45, 7) is 0.0472. The first-order valence-electron chi connectivity index (χ1n) is 8.98. The van der Waals surface area contributed by atoms with Crippen LogP contribution in [0.2, 0.25) is 0 Å². The summed E-state index contributed by atoms with van der Waals surface area (Å²) in [5.41, 5.74) is 2.14. The number of hydrogen-bond donors (Lipinski definition) is 2. The maximum atomic E-state index is 12.6. The summed E-state index contributed by atoms with van der Waals surface area (Å²) >= 11 is 0. The number of piperidine rings is 1. The smallest absolute Gasteiger partial charge is 0.410 e. The molecule has 1 unspecified atom stereocenters. The quantitative estimate of drug-likeness (QED) is 0.792. The number of nitrogens with zero attached hydrogens (tertiary/aromatic N) is 1. The average Bonchev–Trinajstić information content (AvgIpc) is 2.72. The van der Waals surface area contributed by atoms with E-state index in [1.807, 2.05) is 30.3 Å². The molecule has 0 radical (unpaired) electrons. The monoisotopic (exact) mass is 369 g/mol. The van der Waals surface area contributed by atoms with Gasteiger partial charge in [-0.2, -0.15) is 0 Å². The molecular formula is C21H23NO5. The predicted molar refractivity (Wildman–Crippen MR) is 99.2 cm³/mol. The number of amides is 1. The van der Waals surface area contributed by atoms with Gasteiger partial charge in [0, 0.05) is 12.1 Å². The van der Waals surface area contributed by atoms with E-state index in [1.165, 1.54) is 0 Å². The fourth-order valence-electron chi connectivity index (χ4n) is 3.27. The Hall–Kier alpha value is -2.70. The van der Waals surface area contributed by atoms with E-state index in [2.05, 4.69) is 0 Å². The predicted octanol–water partition coefficient (Wildman–Crippen LogP) is 2.70. The number of carbonyl (C=O) groups is 2. The van der Waals surface area contributed by atoms with E-state index in [1.54, 1.807) is 29.2 Å². The second-order valence-electron chi connectivity index (χ2n) is 6.63. The number of ketones is 1. The molecule has 142 valence electrons. The molecular weight excluding hydrogens is 346 g/mol. The standard InChI is InChI=1S/C21H23NO5/c23-13-20(25)17-8-6-16(7-9-17)19-12-18(24)10-11-22(19)21(26)27-14-15-4-2-1-3-5-15/h1-9,18-19,23-24H,10-14H2/t18-,19?/m0/s1. The van der Waals surface area contributed by atoms with Gasteiger partial charge in [0.1, 0.15) is 13.2 Å². The van der Waals surface area contributed by atoms with Crippen LogP contribution in [0.15, 0.2) is 54.6 Å². The van der Waals surface area contributed by atoms with Crippen LogP contribution in [-0.4, -0.2) is 46.2 Å². The van der Waals surface area contributed by atoms with Gasteiger partial charge in [0.2, 0.25) is 0 Å². The maximum absolute atomic E-state index is 12.6. The normalized spacial score (nSPS) is 19.6. The molecule has 6 nitrogen and oxygen atoms in total. The minimum atomic E-state index is -0.542. The van der Waals surface area contributed by atoms with Crippen LogP contribution in [-0.2, 0) is 11.3 Å². The number of ether oxygens (including phenoxy) is 1. The van der Waals surface area contributed by atoms with Crippen LogP contribution in [0.1, 0.15) is 40.4 Å². The molecule has 0 bridgehead atoms. The lowest BCUT2D eigenvalue weighted by Crippen LogP contribution is -2.42. The van der Waals surface area contributed by atoms with Crippen molar-refractivity contribution in [3.63, 3.8) is 0 Å². The number of rotatable bonds is 5. The van der Waals surface area contributed by atoms with Crippen molar-refractivity contribution in [1.29, 1.82) is 0 Å². The second kappa shape index (κ2) is 8.79. The highest BCUT2D eigenvalue weighted by molar-refractivity contribution is 5.96. The van der Waals surface area contributed by atoms with Crippen molar-refractivity contribution in [2.24, 2.45) is 0 Å². The van der Waals surface area contributed by atoms with Crippen LogP contribution in [0.5, 0.6) is 0 Å². The van der Waals surface area contributed by atoms with Crippen LogP contribution in [0.4, 0.5) is 4.79 Å². The molecule has 2 N–H and O–H groups in total. The molecule has 0 spiro atoms. The summed E-state index contributed by atoms with van der Waals surface area (Å²) in [6, 6.07) is 15.9. The summed E-state index contributed by atoms with van der Waals surface area (Å²) < 4.78 is 5.45. The van der Waals surface area contributed by atoms with E-state index in [0.717, 1.165) is 11.1 Å². The molecule has 2 atom stereocenters. The van der Waals surface area contributed by atoms with Gasteiger partial charge in [-0.05, 0) is 24.0 Å². The lowest BCUT2D eigenvalue weighted by molar-refractivity contribution is 0.0259. The Kier molecular flexibility index (Phi) is 6.21. The lowest BCUT2D eigenvalue weighted by Gasteiger charge is -2.37. The molecule has 6 heteroatoms. The van der Waals surface area contributed by atoms with E-state index in [4.69, 9.17) is 9.84 Å². The zero-order valence-corrected chi connectivity index (χ0v) is 15.0. The summed E-state index contributed by atoms with van der Waals surface area (Å²) in [4.78, 5) is 25.8. The number of Topliss-reactive ketones (excluding diaryl/α,β-unsaturated/α-hetero) is 1. The molecule has 2 aromatic carbocycles. The van der Waals surface area contributed by atoms with Crippen LogP contribution in [0.25, 0.3) is 0 Å². The van der Waals surface area contributed by atoms with E-state index >= 15 is 0 Å². The zero-order chi connectivity index (χ0) is 19.2. The topological polar surface area (TPSA) is 87.1 Å². The second-order valence-corrected chi connectivity index (χ2v) is 6.63. The molecule has 3 rings (SSSR count). The van der Waals surface area contributed by atoms with E-state index in [0.29, 0.717) is 24.9 Å². The minimum absolute atomic E-state index is 0.190. The third-order valence-electron chi connectivity index (χ3n) is 4.78. The Labute approximate surface area is 158 Å². The number of aliphatic hydroxyl groups is 2. The van der Waals surface area contributed by atoms with Gasteiger partial charge in [0.25, 0.3) is 0 Å². The highest BCUT2D eigenvalue weighted by atomic mass is 16.6. The van der Waals surface area contributed by atoms with Gasteiger partial charge in [-0.3, -0.25) is 4.79 Å². The molecule has 0 saturated carbocycles. The molecule has 0 aliphatic carbocycles. The maximum Gasteiger partial charge on any atom is 0.410 e. The third-order valence-corrected chi connectivity index (χ3v) is 4.78.